The van der Waals surface area contributed by atoms with Crippen LogP contribution >= 0.6 is 0 Å². The summed E-state index contributed by atoms with van der Waals surface area (Å²) < 4.78 is 16.2. The van der Waals surface area contributed by atoms with Crippen LogP contribution < -0.4 is 0 Å². The Labute approximate surface area is 123 Å². The van der Waals surface area contributed by atoms with Crippen LogP contribution in [0.4, 0.5) is 0 Å². The van der Waals surface area contributed by atoms with E-state index < -0.39 is 5.97 Å². The second kappa shape index (κ2) is 6.25. The summed E-state index contributed by atoms with van der Waals surface area (Å²) in [5, 5.41) is 0. The summed E-state index contributed by atoms with van der Waals surface area (Å²) in [6.07, 6.45) is 0.568. The fraction of sp³-hybridized carbons (Fsp3) is 0.647. The molecule has 0 N–H and O–H groups in total. The molecule has 0 unspecified atom stereocenters. The van der Waals surface area contributed by atoms with Gasteiger partial charge in [0.1, 0.15) is 0 Å². The molecule has 0 radical (unpaired) electrons. The van der Waals surface area contributed by atoms with Crippen molar-refractivity contribution in [1.82, 2.24) is 0 Å². The highest BCUT2D eigenvalue weighted by molar-refractivity contribution is 5.40. The number of hydrogen-bond donors (Lipinski definition) is 0. The van der Waals surface area contributed by atoms with E-state index in [0.717, 1.165) is 0 Å². The van der Waals surface area contributed by atoms with Crippen LogP contribution in [0.1, 0.15) is 43.0 Å². The molecule has 114 valence electrons. The minimum atomic E-state index is -1.02. The topological polar surface area (TPSA) is 27.7 Å². The maximum atomic E-state index is 5.40. The van der Waals surface area contributed by atoms with Gasteiger partial charge in [0.15, 0.2) is 0 Å². The first-order valence-corrected chi connectivity index (χ1v) is 6.95. The van der Waals surface area contributed by atoms with Crippen molar-refractivity contribution in [2.75, 3.05) is 21.3 Å². The second-order valence-corrected chi connectivity index (χ2v) is 6.31. The molecule has 20 heavy (non-hydrogen) atoms. The van der Waals surface area contributed by atoms with Gasteiger partial charge in [0, 0.05) is 21.3 Å². The van der Waals surface area contributed by atoms with Crippen LogP contribution in [-0.2, 0) is 26.0 Å². The number of aryl methyl sites for hydroxylation is 2. The van der Waals surface area contributed by atoms with E-state index >= 15 is 0 Å². The van der Waals surface area contributed by atoms with Crippen molar-refractivity contribution in [3.63, 3.8) is 0 Å². The zero-order valence-electron chi connectivity index (χ0n) is 14.1. The average Bonchev–Trinajstić information content (AvgIpc) is 2.38. The van der Waals surface area contributed by atoms with Gasteiger partial charge in [-0.15, -0.1) is 0 Å². The molecule has 0 aliphatic heterocycles. The molecule has 0 aliphatic rings. The molecule has 0 aliphatic carbocycles. The van der Waals surface area contributed by atoms with Crippen molar-refractivity contribution in [2.45, 2.75) is 52.4 Å². The van der Waals surface area contributed by atoms with E-state index in [0.29, 0.717) is 6.42 Å². The lowest BCUT2D eigenvalue weighted by Crippen LogP contribution is -2.38. The average molecular weight is 280 g/mol. The molecule has 3 nitrogen and oxygen atoms in total. The fourth-order valence-electron chi connectivity index (χ4n) is 2.39. The molecule has 0 saturated carbocycles. The zero-order valence-corrected chi connectivity index (χ0v) is 14.1. The summed E-state index contributed by atoms with van der Waals surface area (Å²) in [6, 6.07) is 4.49. The third kappa shape index (κ3) is 3.60. The van der Waals surface area contributed by atoms with E-state index in [4.69, 9.17) is 14.2 Å². The van der Waals surface area contributed by atoms with Crippen molar-refractivity contribution in [3.8, 4) is 0 Å². The maximum Gasteiger partial charge on any atom is 0.286 e. The highest BCUT2D eigenvalue weighted by Gasteiger charge is 2.31. The van der Waals surface area contributed by atoms with Gasteiger partial charge in [-0.2, -0.15) is 0 Å². The molecule has 0 heterocycles. The first-order valence-electron chi connectivity index (χ1n) is 6.95. The molecule has 0 bridgehead atoms. The lowest BCUT2D eigenvalue weighted by molar-refractivity contribution is -0.351. The maximum absolute atomic E-state index is 5.40. The van der Waals surface area contributed by atoms with Gasteiger partial charge in [-0.3, -0.25) is 0 Å². The minimum absolute atomic E-state index is 0.148. The quantitative estimate of drug-likeness (QED) is 0.769. The van der Waals surface area contributed by atoms with Gasteiger partial charge < -0.3 is 14.2 Å². The first kappa shape index (κ1) is 17.2. The standard InChI is InChI=1S/C17H28O3/c1-12-9-14(16(3,4)5)10-13(2)15(12)11-17(18-6,19-7)20-8/h9-10H,11H2,1-8H3. The lowest BCUT2D eigenvalue weighted by Gasteiger charge is -2.30. The smallest absolute Gasteiger partial charge is 0.286 e. The van der Waals surface area contributed by atoms with Crippen molar-refractivity contribution in [3.05, 3.63) is 34.4 Å². The summed E-state index contributed by atoms with van der Waals surface area (Å²) in [7, 11) is 4.80. The van der Waals surface area contributed by atoms with Crippen LogP contribution in [0.5, 0.6) is 0 Å². The van der Waals surface area contributed by atoms with Gasteiger partial charge in [0.25, 0.3) is 5.97 Å². The molecule has 0 saturated heterocycles. The van der Waals surface area contributed by atoms with Crippen LogP contribution in [0.25, 0.3) is 0 Å². The van der Waals surface area contributed by atoms with E-state index in [1.54, 1.807) is 21.3 Å². The number of hydrogen-bond acceptors (Lipinski definition) is 3. The first-order chi connectivity index (χ1) is 9.19. The highest BCUT2D eigenvalue weighted by atomic mass is 16.9. The molecule has 0 fully saturated rings. The van der Waals surface area contributed by atoms with Crippen LogP contribution in [0.3, 0.4) is 0 Å². The Morgan fingerprint density at radius 3 is 1.55 bits per heavy atom. The monoisotopic (exact) mass is 280 g/mol. The summed E-state index contributed by atoms with van der Waals surface area (Å²) in [6.45, 7) is 10.9. The largest absolute Gasteiger partial charge is 0.331 e. The highest BCUT2D eigenvalue weighted by Crippen LogP contribution is 2.30. The van der Waals surface area contributed by atoms with Crippen molar-refractivity contribution in [1.29, 1.82) is 0 Å². The van der Waals surface area contributed by atoms with Crippen molar-refractivity contribution < 1.29 is 14.2 Å². The fourth-order valence-corrected chi connectivity index (χ4v) is 2.39. The molecular formula is C17H28O3. The van der Waals surface area contributed by atoms with E-state index in [9.17, 15) is 0 Å². The van der Waals surface area contributed by atoms with Crippen LogP contribution in [0.15, 0.2) is 12.1 Å². The summed E-state index contributed by atoms with van der Waals surface area (Å²) in [5.74, 6) is -1.02. The van der Waals surface area contributed by atoms with Gasteiger partial charge in [0.2, 0.25) is 0 Å². The lowest BCUT2D eigenvalue weighted by atomic mass is 9.83. The predicted molar refractivity (Wildman–Crippen MR) is 82.1 cm³/mol. The summed E-state index contributed by atoms with van der Waals surface area (Å²) >= 11 is 0. The number of rotatable bonds is 5. The van der Waals surface area contributed by atoms with Crippen molar-refractivity contribution >= 4 is 0 Å². The third-order valence-electron chi connectivity index (χ3n) is 3.89. The Balaban J connectivity index is 3.21. The molecule has 0 amide bonds. The molecule has 0 aromatic heterocycles. The molecule has 1 aromatic carbocycles. The minimum Gasteiger partial charge on any atom is -0.331 e. The Morgan fingerprint density at radius 2 is 1.25 bits per heavy atom. The summed E-state index contributed by atoms with van der Waals surface area (Å²) in [5.41, 5.74) is 5.18. The predicted octanol–water partition coefficient (Wildman–Crippen LogP) is 3.74. The Bertz CT molecular complexity index is 423. The number of benzene rings is 1. The molecule has 1 rings (SSSR count). The van der Waals surface area contributed by atoms with Gasteiger partial charge in [-0.25, -0.2) is 0 Å². The van der Waals surface area contributed by atoms with Gasteiger partial charge in [-0.1, -0.05) is 32.9 Å². The van der Waals surface area contributed by atoms with E-state index in [1.807, 2.05) is 0 Å². The Hall–Kier alpha value is -0.900. The Kier molecular flexibility index (Phi) is 5.36. The molecule has 3 heteroatoms. The van der Waals surface area contributed by atoms with Gasteiger partial charge >= 0.3 is 0 Å². The van der Waals surface area contributed by atoms with Gasteiger partial charge in [-0.05, 0) is 41.5 Å². The number of methoxy groups -OCH3 is 3. The zero-order chi connectivity index (χ0) is 15.6. The number of ether oxygens (including phenoxy) is 3. The molecule has 0 atom stereocenters. The normalized spacial score (nSPS) is 12.8. The van der Waals surface area contributed by atoms with E-state index in [2.05, 4.69) is 46.8 Å². The molecular weight excluding hydrogens is 252 g/mol. The van der Waals surface area contributed by atoms with E-state index in [1.165, 1.54) is 22.3 Å². The van der Waals surface area contributed by atoms with Crippen LogP contribution in [0, 0.1) is 13.8 Å². The second-order valence-electron chi connectivity index (χ2n) is 6.31. The SMILES string of the molecule is COC(Cc1c(C)cc(C(C)(C)C)cc1C)(OC)OC. The van der Waals surface area contributed by atoms with Crippen molar-refractivity contribution in [2.24, 2.45) is 0 Å². The third-order valence-corrected chi connectivity index (χ3v) is 3.89. The van der Waals surface area contributed by atoms with Crippen LogP contribution in [0.2, 0.25) is 0 Å². The van der Waals surface area contributed by atoms with Crippen LogP contribution in [-0.4, -0.2) is 27.3 Å². The van der Waals surface area contributed by atoms with E-state index in [-0.39, 0.29) is 5.41 Å². The summed E-state index contributed by atoms with van der Waals surface area (Å²) in [4.78, 5) is 0. The molecule has 0 spiro atoms. The Morgan fingerprint density at radius 1 is 0.850 bits per heavy atom. The van der Waals surface area contributed by atoms with Gasteiger partial charge in [0.05, 0.1) is 6.42 Å². The molecule has 1 aromatic rings.